The van der Waals surface area contributed by atoms with Gasteiger partial charge in [-0.15, -0.1) is 0 Å². The molecule has 1 rings (SSSR count). The number of aliphatic hydroxyl groups is 2. The average molecular weight is 129 g/mol. The zero-order valence-corrected chi connectivity index (χ0v) is 5.12. The van der Waals surface area contributed by atoms with Crippen LogP contribution in [-0.4, -0.2) is 22.5 Å². The highest BCUT2D eigenvalue weighted by Crippen LogP contribution is 2.21. The van der Waals surface area contributed by atoms with Crippen LogP contribution in [-0.2, 0) is 0 Å². The van der Waals surface area contributed by atoms with Crippen LogP contribution in [0.5, 0.6) is 0 Å². The van der Waals surface area contributed by atoms with Crippen LogP contribution < -0.4 is 5.73 Å². The molecule has 0 aliphatic heterocycles. The third kappa shape index (κ3) is 1.51. The van der Waals surface area contributed by atoms with Gasteiger partial charge in [0.15, 0.2) is 0 Å². The smallest absolute Gasteiger partial charge is 0.133 e. The van der Waals surface area contributed by atoms with Gasteiger partial charge in [0, 0.05) is 18.9 Å². The van der Waals surface area contributed by atoms with Crippen LogP contribution in [0.2, 0.25) is 0 Å². The Hall–Kier alpha value is -0.380. The molecule has 3 heteroatoms. The second-order valence-corrected chi connectivity index (χ2v) is 2.50. The molecular weight excluding hydrogens is 118 g/mol. The third-order valence-electron chi connectivity index (χ3n) is 1.48. The first kappa shape index (κ1) is 6.74. The van der Waals surface area contributed by atoms with E-state index in [1.54, 1.807) is 6.08 Å². The van der Waals surface area contributed by atoms with Crippen molar-refractivity contribution >= 4 is 0 Å². The van der Waals surface area contributed by atoms with E-state index in [9.17, 15) is 0 Å². The van der Waals surface area contributed by atoms with E-state index in [1.807, 2.05) is 0 Å². The molecule has 9 heavy (non-hydrogen) atoms. The molecule has 0 aromatic heterocycles. The molecule has 0 bridgehead atoms. The molecule has 3 nitrogen and oxygen atoms in total. The zero-order chi connectivity index (χ0) is 6.91. The molecule has 0 fully saturated rings. The monoisotopic (exact) mass is 129 g/mol. The number of rotatable bonds is 1. The van der Waals surface area contributed by atoms with Crippen molar-refractivity contribution in [1.82, 2.24) is 0 Å². The minimum atomic E-state index is -1.17. The van der Waals surface area contributed by atoms with Gasteiger partial charge in [0.25, 0.3) is 0 Å². The van der Waals surface area contributed by atoms with E-state index >= 15 is 0 Å². The number of hydrogen-bond acceptors (Lipinski definition) is 3. The van der Waals surface area contributed by atoms with Crippen molar-refractivity contribution in [2.45, 2.75) is 12.1 Å². The summed E-state index contributed by atoms with van der Waals surface area (Å²) in [4.78, 5) is 0. The van der Waals surface area contributed by atoms with E-state index in [1.165, 1.54) is 6.08 Å². The Morgan fingerprint density at radius 2 is 2.44 bits per heavy atom. The molecule has 2 unspecified atom stereocenters. The largest absolute Gasteiger partial charge is 0.396 e. The maximum Gasteiger partial charge on any atom is 0.133 e. The van der Waals surface area contributed by atoms with Crippen LogP contribution in [0.1, 0.15) is 6.42 Å². The molecule has 0 aromatic carbocycles. The molecule has 0 saturated heterocycles. The summed E-state index contributed by atoms with van der Waals surface area (Å²) >= 11 is 0. The molecule has 2 atom stereocenters. The Morgan fingerprint density at radius 3 is 2.67 bits per heavy atom. The predicted octanol–water partition coefficient (Wildman–Crippen LogP) is -0.798. The van der Waals surface area contributed by atoms with Crippen LogP contribution in [0.4, 0.5) is 0 Å². The summed E-state index contributed by atoms with van der Waals surface area (Å²) in [5.74, 6) is 0.0417. The maximum absolute atomic E-state index is 9.08. The molecular formula is C6H11NO2. The minimum absolute atomic E-state index is 0.0417. The Labute approximate surface area is 53.8 Å². The molecule has 4 N–H and O–H groups in total. The normalized spacial score (nSPS) is 41.9. The van der Waals surface area contributed by atoms with Crippen LogP contribution in [0.15, 0.2) is 12.2 Å². The summed E-state index contributed by atoms with van der Waals surface area (Å²) in [5, 5.41) is 17.7. The summed E-state index contributed by atoms with van der Waals surface area (Å²) in [6, 6.07) is 0. The summed E-state index contributed by atoms with van der Waals surface area (Å²) in [6.07, 6.45) is 3.69. The van der Waals surface area contributed by atoms with Gasteiger partial charge < -0.3 is 15.9 Å². The SMILES string of the molecule is NC1(O)C=CC(CO)C1. The summed E-state index contributed by atoms with van der Waals surface area (Å²) in [5.41, 5.74) is 4.13. The van der Waals surface area contributed by atoms with Crippen LogP contribution >= 0.6 is 0 Å². The fourth-order valence-electron chi connectivity index (χ4n) is 0.984. The first-order valence-electron chi connectivity index (χ1n) is 2.95. The van der Waals surface area contributed by atoms with E-state index in [0.29, 0.717) is 6.42 Å². The van der Waals surface area contributed by atoms with Crippen molar-refractivity contribution in [3.8, 4) is 0 Å². The van der Waals surface area contributed by atoms with Gasteiger partial charge in [0.2, 0.25) is 0 Å². The van der Waals surface area contributed by atoms with Gasteiger partial charge in [-0.3, -0.25) is 0 Å². The zero-order valence-electron chi connectivity index (χ0n) is 5.12. The van der Waals surface area contributed by atoms with Gasteiger partial charge in [-0.25, -0.2) is 0 Å². The van der Waals surface area contributed by atoms with Crippen molar-refractivity contribution in [3.05, 3.63) is 12.2 Å². The fraction of sp³-hybridized carbons (Fsp3) is 0.667. The highest BCUT2D eigenvalue weighted by molar-refractivity contribution is 5.08. The van der Waals surface area contributed by atoms with Gasteiger partial charge in [0.05, 0.1) is 0 Å². The van der Waals surface area contributed by atoms with E-state index in [4.69, 9.17) is 15.9 Å². The Balaban J connectivity index is 2.50. The molecule has 1 aliphatic carbocycles. The predicted molar refractivity (Wildman–Crippen MR) is 33.5 cm³/mol. The highest BCUT2D eigenvalue weighted by atomic mass is 16.3. The van der Waals surface area contributed by atoms with Gasteiger partial charge in [0.1, 0.15) is 5.72 Å². The Bertz CT molecular complexity index is 131. The third-order valence-corrected chi connectivity index (χ3v) is 1.48. The van der Waals surface area contributed by atoms with Crippen molar-refractivity contribution in [2.24, 2.45) is 11.7 Å². The highest BCUT2D eigenvalue weighted by Gasteiger charge is 2.26. The Morgan fingerprint density at radius 1 is 1.78 bits per heavy atom. The molecule has 0 amide bonds. The molecule has 1 aliphatic rings. The lowest BCUT2D eigenvalue weighted by Crippen LogP contribution is -2.35. The van der Waals surface area contributed by atoms with E-state index in [-0.39, 0.29) is 12.5 Å². The second kappa shape index (κ2) is 2.10. The van der Waals surface area contributed by atoms with Crippen LogP contribution in [0.25, 0.3) is 0 Å². The lowest BCUT2D eigenvalue weighted by Gasteiger charge is -2.14. The minimum Gasteiger partial charge on any atom is -0.396 e. The summed E-state index contributed by atoms with van der Waals surface area (Å²) in [7, 11) is 0. The Kier molecular flexibility index (Phi) is 1.57. The molecule has 0 aromatic rings. The lowest BCUT2D eigenvalue weighted by atomic mass is 10.1. The quantitative estimate of drug-likeness (QED) is 0.321. The summed E-state index contributed by atoms with van der Waals surface area (Å²) < 4.78 is 0. The molecule has 0 saturated carbocycles. The first-order valence-corrected chi connectivity index (χ1v) is 2.95. The van der Waals surface area contributed by atoms with E-state index < -0.39 is 5.72 Å². The molecule has 52 valence electrons. The second-order valence-electron chi connectivity index (χ2n) is 2.50. The van der Waals surface area contributed by atoms with Crippen molar-refractivity contribution in [3.63, 3.8) is 0 Å². The number of nitrogens with two attached hydrogens (primary N) is 1. The van der Waals surface area contributed by atoms with E-state index in [0.717, 1.165) is 0 Å². The average Bonchev–Trinajstić information content (AvgIpc) is 2.10. The van der Waals surface area contributed by atoms with Gasteiger partial charge >= 0.3 is 0 Å². The standard InChI is InChI=1S/C6H11NO2/c7-6(9)2-1-5(3-6)4-8/h1-2,5,8-9H,3-4,7H2. The molecule has 0 heterocycles. The topological polar surface area (TPSA) is 66.5 Å². The van der Waals surface area contributed by atoms with Crippen molar-refractivity contribution in [1.29, 1.82) is 0 Å². The first-order chi connectivity index (χ1) is 4.14. The molecule has 0 spiro atoms. The fourth-order valence-corrected chi connectivity index (χ4v) is 0.984. The van der Waals surface area contributed by atoms with Gasteiger partial charge in [-0.05, 0) is 6.08 Å². The number of hydrogen-bond donors (Lipinski definition) is 3. The van der Waals surface area contributed by atoms with Gasteiger partial charge in [-0.1, -0.05) is 6.08 Å². The molecule has 0 radical (unpaired) electrons. The maximum atomic E-state index is 9.08. The van der Waals surface area contributed by atoms with Crippen molar-refractivity contribution < 1.29 is 10.2 Å². The number of aliphatic hydroxyl groups excluding tert-OH is 1. The lowest BCUT2D eigenvalue weighted by molar-refractivity contribution is 0.0791. The van der Waals surface area contributed by atoms with Crippen LogP contribution in [0, 0.1) is 5.92 Å². The summed E-state index contributed by atoms with van der Waals surface area (Å²) in [6.45, 7) is 0.0655. The van der Waals surface area contributed by atoms with Gasteiger partial charge in [-0.2, -0.15) is 0 Å². The van der Waals surface area contributed by atoms with Crippen LogP contribution in [0.3, 0.4) is 0 Å². The van der Waals surface area contributed by atoms with Crippen molar-refractivity contribution in [2.75, 3.05) is 6.61 Å². The van der Waals surface area contributed by atoms with E-state index in [2.05, 4.69) is 0 Å².